The van der Waals surface area contributed by atoms with E-state index >= 15 is 0 Å². The first-order valence-electron chi connectivity index (χ1n) is 7.51. The Bertz CT molecular complexity index is 631. The van der Waals surface area contributed by atoms with Gasteiger partial charge in [-0.05, 0) is 51.9 Å². The third-order valence-corrected chi connectivity index (χ3v) is 7.25. The zero-order valence-electron chi connectivity index (χ0n) is 13.3. The van der Waals surface area contributed by atoms with Crippen molar-refractivity contribution < 1.29 is 13.2 Å². The van der Waals surface area contributed by atoms with E-state index in [4.69, 9.17) is 0 Å². The van der Waals surface area contributed by atoms with Gasteiger partial charge in [0.1, 0.15) is 0 Å². The van der Waals surface area contributed by atoms with Gasteiger partial charge in [0, 0.05) is 28.5 Å². The summed E-state index contributed by atoms with van der Waals surface area (Å²) >= 11 is 1.70. The summed E-state index contributed by atoms with van der Waals surface area (Å²) in [6.45, 7) is 5.08. The highest BCUT2D eigenvalue weighted by Gasteiger charge is 2.48. The lowest BCUT2D eigenvalue weighted by Crippen LogP contribution is -2.58. The number of amides is 1. The van der Waals surface area contributed by atoms with Crippen molar-refractivity contribution in [1.29, 1.82) is 0 Å². The van der Waals surface area contributed by atoms with Crippen LogP contribution < -0.4 is 10.6 Å². The van der Waals surface area contributed by atoms with E-state index in [1.54, 1.807) is 11.3 Å². The van der Waals surface area contributed by atoms with Crippen LogP contribution in [0.3, 0.4) is 0 Å². The number of hydrogen-bond donors (Lipinski definition) is 2. The Morgan fingerprint density at radius 1 is 1.41 bits per heavy atom. The zero-order valence-corrected chi connectivity index (χ0v) is 14.9. The molecule has 1 aliphatic rings. The molecule has 1 unspecified atom stereocenters. The van der Waals surface area contributed by atoms with Crippen LogP contribution in [-0.2, 0) is 21.1 Å². The van der Waals surface area contributed by atoms with Gasteiger partial charge < -0.3 is 10.6 Å². The minimum Gasteiger partial charge on any atom is -0.352 e. The maximum absolute atomic E-state index is 12.7. The molecule has 0 aromatic carbocycles. The highest BCUT2D eigenvalue weighted by molar-refractivity contribution is 7.92. The van der Waals surface area contributed by atoms with Crippen molar-refractivity contribution in [3.63, 3.8) is 0 Å². The van der Waals surface area contributed by atoms with Crippen LogP contribution in [0.5, 0.6) is 0 Å². The molecule has 22 heavy (non-hydrogen) atoms. The van der Waals surface area contributed by atoms with E-state index in [0.717, 1.165) is 6.42 Å². The molecule has 1 aliphatic heterocycles. The summed E-state index contributed by atoms with van der Waals surface area (Å²) in [6, 6.07) is 4.03. The maximum atomic E-state index is 12.7. The fourth-order valence-electron chi connectivity index (χ4n) is 2.90. The van der Waals surface area contributed by atoms with E-state index in [1.807, 2.05) is 13.8 Å². The van der Waals surface area contributed by atoms with E-state index in [2.05, 4.69) is 22.8 Å². The van der Waals surface area contributed by atoms with Gasteiger partial charge in [-0.3, -0.25) is 4.79 Å². The molecule has 1 atom stereocenters. The van der Waals surface area contributed by atoms with Gasteiger partial charge in [-0.25, -0.2) is 8.42 Å². The first kappa shape index (κ1) is 17.4. The summed E-state index contributed by atoms with van der Waals surface area (Å²) in [5.74, 6) is -0.350. The predicted octanol–water partition coefficient (Wildman–Crippen LogP) is 1.27. The second-order valence-corrected chi connectivity index (χ2v) is 9.81. The summed E-state index contributed by atoms with van der Waals surface area (Å²) in [7, 11) is -3.45. The Labute approximate surface area is 136 Å². The van der Waals surface area contributed by atoms with E-state index in [9.17, 15) is 13.2 Å². The molecular formula is C15H24N2O3S2. The number of nitrogens with one attached hydrogen (secondary N) is 2. The van der Waals surface area contributed by atoms with Crippen LogP contribution in [0.15, 0.2) is 12.1 Å². The van der Waals surface area contributed by atoms with E-state index < -0.39 is 14.6 Å². The second-order valence-electron chi connectivity index (χ2n) is 6.11. The van der Waals surface area contributed by atoms with Crippen LogP contribution in [0.2, 0.25) is 0 Å². The molecule has 1 aromatic rings. The average Bonchev–Trinajstić information content (AvgIpc) is 2.83. The van der Waals surface area contributed by atoms with Crippen LogP contribution >= 0.6 is 11.3 Å². The summed E-state index contributed by atoms with van der Waals surface area (Å²) < 4.78 is 23.1. The number of carbonyl (C=O) groups excluding carboxylic acids is 1. The third kappa shape index (κ3) is 3.70. The van der Waals surface area contributed by atoms with Gasteiger partial charge in [-0.1, -0.05) is 0 Å². The molecule has 1 amide bonds. The van der Waals surface area contributed by atoms with Crippen molar-refractivity contribution >= 4 is 27.1 Å². The van der Waals surface area contributed by atoms with Gasteiger partial charge in [-0.15, -0.1) is 11.3 Å². The Hall–Kier alpha value is -0.920. The SMILES string of the molecule is Cc1ccc(CC(C)NC(=O)C2(S(C)(=O)=O)CCNCC2)s1. The van der Waals surface area contributed by atoms with E-state index in [-0.39, 0.29) is 11.9 Å². The van der Waals surface area contributed by atoms with Gasteiger partial charge in [0.15, 0.2) is 14.6 Å². The van der Waals surface area contributed by atoms with Crippen LogP contribution in [0, 0.1) is 6.92 Å². The molecule has 5 nitrogen and oxygen atoms in total. The van der Waals surface area contributed by atoms with Gasteiger partial charge >= 0.3 is 0 Å². The van der Waals surface area contributed by atoms with Gasteiger partial charge in [0.05, 0.1) is 0 Å². The first-order valence-corrected chi connectivity index (χ1v) is 10.2. The van der Waals surface area contributed by atoms with Gasteiger partial charge in [-0.2, -0.15) is 0 Å². The van der Waals surface area contributed by atoms with E-state index in [0.29, 0.717) is 25.9 Å². The average molecular weight is 345 g/mol. The highest BCUT2D eigenvalue weighted by Crippen LogP contribution is 2.28. The number of piperidine rings is 1. The van der Waals surface area contributed by atoms with E-state index in [1.165, 1.54) is 16.0 Å². The normalized spacial score (nSPS) is 19.6. The molecule has 1 aromatic heterocycles. The molecule has 124 valence electrons. The van der Waals surface area contributed by atoms with Crippen molar-refractivity contribution in [2.45, 2.75) is 43.9 Å². The summed E-state index contributed by atoms with van der Waals surface area (Å²) in [5, 5.41) is 6.04. The Kier molecular flexibility index (Phi) is 5.29. The maximum Gasteiger partial charge on any atom is 0.241 e. The quantitative estimate of drug-likeness (QED) is 0.843. The smallest absolute Gasteiger partial charge is 0.241 e. The van der Waals surface area contributed by atoms with Crippen LogP contribution in [0.4, 0.5) is 0 Å². The standard InChI is InChI=1S/C15H24N2O3S2/c1-11(10-13-5-4-12(2)21-13)17-14(18)15(22(3,19)20)6-8-16-9-7-15/h4-5,11,16H,6-10H2,1-3H3,(H,17,18). The Balaban J connectivity index is 2.08. The highest BCUT2D eigenvalue weighted by atomic mass is 32.2. The van der Waals surface area contributed by atoms with Gasteiger partial charge in [0.25, 0.3) is 0 Å². The third-order valence-electron chi connectivity index (χ3n) is 4.22. The molecular weight excluding hydrogens is 320 g/mol. The number of carbonyl (C=O) groups is 1. The van der Waals surface area contributed by atoms with Crippen LogP contribution in [0.1, 0.15) is 29.5 Å². The fraction of sp³-hybridized carbons (Fsp3) is 0.667. The summed E-state index contributed by atoms with van der Waals surface area (Å²) in [6.07, 6.45) is 2.57. The van der Waals surface area contributed by atoms with Crippen LogP contribution in [0.25, 0.3) is 0 Å². The Morgan fingerprint density at radius 3 is 2.55 bits per heavy atom. The molecule has 7 heteroatoms. The van der Waals surface area contributed by atoms with Crippen molar-refractivity contribution in [3.05, 3.63) is 21.9 Å². The fourth-order valence-corrected chi connectivity index (χ4v) is 5.26. The topological polar surface area (TPSA) is 75.3 Å². The van der Waals surface area contributed by atoms with Crippen molar-refractivity contribution in [1.82, 2.24) is 10.6 Å². The molecule has 1 saturated heterocycles. The van der Waals surface area contributed by atoms with Crippen molar-refractivity contribution in [2.24, 2.45) is 0 Å². The number of thiophene rings is 1. The summed E-state index contributed by atoms with van der Waals surface area (Å²) in [5.41, 5.74) is 0. The minimum atomic E-state index is -3.45. The molecule has 0 saturated carbocycles. The van der Waals surface area contributed by atoms with Gasteiger partial charge in [0.2, 0.25) is 5.91 Å². The van der Waals surface area contributed by atoms with Crippen molar-refractivity contribution in [2.75, 3.05) is 19.3 Å². The van der Waals surface area contributed by atoms with Crippen molar-refractivity contribution in [3.8, 4) is 0 Å². The minimum absolute atomic E-state index is 0.0842. The molecule has 2 rings (SSSR count). The lowest BCUT2D eigenvalue weighted by atomic mass is 9.95. The number of aryl methyl sites for hydroxylation is 1. The lowest BCUT2D eigenvalue weighted by Gasteiger charge is -2.35. The lowest BCUT2D eigenvalue weighted by molar-refractivity contribution is -0.124. The molecule has 0 spiro atoms. The predicted molar refractivity (Wildman–Crippen MR) is 90.0 cm³/mol. The van der Waals surface area contributed by atoms with Crippen LogP contribution in [-0.4, -0.2) is 44.5 Å². The zero-order chi connectivity index (χ0) is 16.4. The number of hydrogen-bond acceptors (Lipinski definition) is 5. The molecule has 0 aliphatic carbocycles. The molecule has 0 radical (unpaired) electrons. The molecule has 0 bridgehead atoms. The largest absolute Gasteiger partial charge is 0.352 e. The Morgan fingerprint density at radius 2 is 2.05 bits per heavy atom. The monoisotopic (exact) mass is 344 g/mol. The number of rotatable bonds is 5. The summed E-state index contributed by atoms with van der Waals surface area (Å²) in [4.78, 5) is 15.1. The first-order chi connectivity index (χ1) is 10.2. The number of sulfone groups is 1. The molecule has 1 fully saturated rings. The molecule has 2 heterocycles. The molecule has 2 N–H and O–H groups in total. The second kappa shape index (κ2) is 6.68.